The van der Waals surface area contributed by atoms with Gasteiger partial charge in [-0.1, -0.05) is 0 Å². The number of esters is 1. The Morgan fingerprint density at radius 1 is 0.969 bits per heavy atom. The van der Waals surface area contributed by atoms with Crippen molar-refractivity contribution in [3.05, 3.63) is 0 Å². The Labute approximate surface area is 191 Å². The number of ether oxygens (including phenoxy) is 2. The fourth-order valence-electron chi connectivity index (χ4n) is 4.17. The van der Waals surface area contributed by atoms with Crippen LogP contribution in [0, 0.1) is 11.8 Å². The van der Waals surface area contributed by atoms with Gasteiger partial charge < -0.3 is 24.6 Å². The van der Waals surface area contributed by atoms with Gasteiger partial charge in [0.2, 0.25) is 11.8 Å². The third-order valence-electron chi connectivity index (χ3n) is 6.03. The van der Waals surface area contributed by atoms with Crippen molar-refractivity contribution in [2.24, 2.45) is 11.8 Å². The summed E-state index contributed by atoms with van der Waals surface area (Å²) in [7, 11) is 1.32. The highest BCUT2D eigenvalue weighted by atomic mass is 16.6. The molecule has 0 radical (unpaired) electrons. The van der Waals surface area contributed by atoms with Crippen molar-refractivity contribution < 1.29 is 28.7 Å². The van der Waals surface area contributed by atoms with Crippen LogP contribution in [0.25, 0.3) is 0 Å². The Morgan fingerprint density at radius 2 is 1.66 bits per heavy atom. The summed E-state index contributed by atoms with van der Waals surface area (Å²) < 4.78 is 10.0. The smallest absolute Gasteiger partial charge is 0.410 e. The van der Waals surface area contributed by atoms with Gasteiger partial charge in [0.1, 0.15) is 5.60 Å². The standard InChI is InChI=1S/C23H39N3O6/c1-23(2,3)32-22(30)25-14-10-17(11-15-25)7-8-19(27)26-13-5-6-18(16-26)21(29)24-12-9-20(28)31-4/h17-18H,5-16H2,1-4H3,(H,24,29). The maximum absolute atomic E-state index is 12.7. The Hall–Kier alpha value is -2.32. The molecule has 32 heavy (non-hydrogen) atoms. The number of carbonyl (C=O) groups excluding carboxylic acids is 4. The Balaban J connectivity index is 1.69. The molecule has 2 rings (SSSR count). The minimum Gasteiger partial charge on any atom is -0.469 e. The van der Waals surface area contributed by atoms with Gasteiger partial charge >= 0.3 is 12.1 Å². The summed E-state index contributed by atoms with van der Waals surface area (Å²) >= 11 is 0. The molecule has 1 N–H and O–H groups in total. The first kappa shape index (κ1) is 25.9. The highest BCUT2D eigenvalue weighted by molar-refractivity contribution is 5.81. The predicted octanol–water partition coefficient (Wildman–Crippen LogP) is 2.33. The molecule has 2 aliphatic rings. The number of hydrogen-bond acceptors (Lipinski definition) is 6. The first-order chi connectivity index (χ1) is 15.1. The largest absolute Gasteiger partial charge is 0.469 e. The zero-order valence-corrected chi connectivity index (χ0v) is 20.0. The molecule has 1 unspecified atom stereocenters. The Morgan fingerprint density at radius 3 is 2.28 bits per heavy atom. The minimum atomic E-state index is -0.495. The average molecular weight is 454 g/mol. The van der Waals surface area contributed by atoms with E-state index in [1.807, 2.05) is 20.8 Å². The topological polar surface area (TPSA) is 105 Å². The molecule has 0 aliphatic carbocycles. The van der Waals surface area contributed by atoms with Crippen molar-refractivity contribution in [3.8, 4) is 0 Å². The van der Waals surface area contributed by atoms with E-state index in [0.29, 0.717) is 38.5 Å². The molecule has 3 amide bonds. The molecule has 0 aromatic rings. The summed E-state index contributed by atoms with van der Waals surface area (Å²) in [5, 5.41) is 2.77. The van der Waals surface area contributed by atoms with E-state index in [4.69, 9.17) is 4.74 Å². The molecule has 182 valence electrons. The second kappa shape index (κ2) is 12.1. The van der Waals surface area contributed by atoms with Crippen LogP contribution in [0.4, 0.5) is 4.79 Å². The quantitative estimate of drug-likeness (QED) is 0.593. The molecule has 2 aliphatic heterocycles. The van der Waals surface area contributed by atoms with Gasteiger partial charge in [-0.3, -0.25) is 14.4 Å². The number of rotatable bonds is 7. The van der Waals surface area contributed by atoms with E-state index in [2.05, 4.69) is 10.1 Å². The number of methoxy groups -OCH3 is 1. The van der Waals surface area contributed by atoms with Crippen LogP contribution in [0.3, 0.4) is 0 Å². The van der Waals surface area contributed by atoms with Gasteiger partial charge in [-0.15, -0.1) is 0 Å². The normalized spacial score (nSPS) is 19.9. The predicted molar refractivity (Wildman–Crippen MR) is 119 cm³/mol. The zero-order valence-electron chi connectivity index (χ0n) is 20.0. The van der Waals surface area contributed by atoms with Crippen molar-refractivity contribution in [2.45, 2.75) is 71.3 Å². The highest BCUT2D eigenvalue weighted by Gasteiger charge is 2.30. The van der Waals surface area contributed by atoms with Gasteiger partial charge in [-0.2, -0.15) is 0 Å². The van der Waals surface area contributed by atoms with E-state index in [0.717, 1.165) is 32.1 Å². The number of piperidine rings is 2. The van der Waals surface area contributed by atoms with Crippen LogP contribution in [0.1, 0.15) is 65.7 Å². The van der Waals surface area contributed by atoms with Crippen LogP contribution < -0.4 is 5.32 Å². The van der Waals surface area contributed by atoms with Crippen molar-refractivity contribution >= 4 is 23.9 Å². The molecule has 1 atom stereocenters. The van der Waals surface area contributed by atoms with Crippen LogP contribution in [0.2, 0.25) is 0 Å². The van der Waals surface area contributed by atoms with Crippen molar-refractivity contribution in [2.75, 3.05) is 39.8 Å². The number of carbonyl (C=O) groups is 4. The first-order valence-electron chi connectivity index (χ1n) is 11.7. The molecule has 0 aromatic heterocycles. The van der Waals surface area contributed by atoms with Gasteiger partial charge in [-0.05, 0) is 58.8 Å². The van der Waals surface area contributed by atoms with E-state index in [1.165, 1.54) is 7.11 Å². The Kier molecular flexibility index (Phi) is 9.78. The van der Waals surface area contributed by atoms with Gasteiger partial charge in [0.15, 0.2) is 0 Å². The van der Waals surface area contributed by atoms with Crippen molar-refractivity contribution in [1.82, 2.24) is 15.1 Å². The third kappa shape index (κ3) is 8.67. The molecule has 0 saturated carbocycles. The number of nitrogens with zero attached hydrogens (tertiary/aromatic N) is 2. The van der Waals surface area contributed by atoms with Crippen LogP contribution >= 0.6 is 0 Å². The van der Waals surface area contributed by atoms with Crippen LogP contribution in [0.15, 0.2) is 0 Å². The van der Waals surface area contributed by atoms with Gasteiger partial charge in [0, 0.05) is 39.1 Å². The fraction of sp³-hybridized carbons (Fsp3) is 0.826. The number of likely N-dealkylation sites (tertiary alicyclic amines) is 2. The molecular weight excluding hydrogens is 414 g/mol. The molecule has 0 bridgehead atoms. The van der Waals surface area contributed by atoms with Gasteiger partial charge in [-0.25, -0.2) is 4.79 Å². The minimum absolute atomic E-state index is 0.0895. The molecule has 2 saturated heterocycles. The average Bonchev–Trinajstić information content (AvgIpc) is 2.76. The van der Waals surface area contributed by atoms with Crippen LogP contribution in [0.5, 0.6) is 0 Å². The molecule has 2 fully saturated rings. The SMILES string of the molecule is COC(=O)CCNC(=O)C1CCCN(C(=O)CCC2CCN(C(=O)OC(C)(C)C)CC2)C1. The monoisotopic (exact) mass is 453 g/mol. The summed E-state index contributed by atoms with van der Waals surface area (Å²) in [5.74, 6) is -0.197. The lowest BCUT2D eigenvalue weighted by Gasteiger charge is -2.34. The summed E-state index contributed by atoms with van der Waals surface area (Å²) in [6.07, 6.45) is 4.43. The van der Waals surface area contributed by atoms with E-state index in [1.54, 1.807) is 9.80 Å². The summed E-state index contributed by atoms with van der Waals surface area (Å²) in [5.41, 5.74) is -0.495. The highest BCUT2D eigenvalue weighted by Crippen LogP contribution is 2.25. The number of amides is 3. The van der Waals surface area contributed by atoms with Crippen LogP contribution in [-0.2, 0) is 23.9 Å². The summed E-state index contributed by atoms with van der Waals surface area (Å²) in [6, 6.07) is 0. The lowest BCUT2D eigenvalue weighted by Crippen LogP contribution is -2.46. The molecular formula is C23H39N3O6. The molecule has 0 spiro atoms. The summed E-state index contributed by atoms with van der Waals surface area (Å²) in [6.45, 7) is 8.26. The summed E-state index contributed by atoms with van der Waals surface area (Å²) in [4.78, 5) is 52.0. The number of hydrogen-bond donors (Lipinski definition) is 1. The molecule has 9 nitrogen and oxygen atoms in total. The van der Waals surface area contributed by atoms with E-state index in [-0.39, 0.29) is 42.8 Å². The Bertz CT molecular complexity index is 667. The van der Waals surface area contributed by atoms with Crippen molar-refractivity contribution in [3.63, 3.8) is 0 Å². The first-order valence-corrected chi connectivity index (χ1v) is 11.7. The lowest BCUT2D eigenvalue weighted by atomic mass is 9.91. The van der Waals surface area contributed by atoms with E-state index >= 15 is 0 Å². The zero-order chi connectivity index (χ0) is 23.7. The van der Waals surface area contributed by atoms with E-state index < -0.39 is 5.60 Å². The van der Waals surface area contributed by atoms with Crippen molar-refractivity contribution in [1.29, 1.82) is 0 Å². The van der Waals surface area contributed by atoms with E-state index in [9.17, 15) is 19.2 Å². The van der Waals surface area contributed by atoms with Gasteiger partial charge in [0.05, 0.1) is 19.4 Å². The lowest BCUT2D eigenvalue weighted by molar-refractivity contribution is -0.140. The van der Waals surface area contributed by atoms with Gasteiger partial charge in [0.25, 0.3) is 0 Å². The fourth-order valence-corrected chi connectivity index (χ4v) is 4.17. The molecule has 0 aromatic carbocycles. The second-order valence-corrected chi connectivity index (χ2v) is 9.75. The maximum atomic E-state index is 12.7. The van der Waals surface area contributed by atoms with Crippen LogP contribution in [-0.4, -0.2) is 79.1 Å². The molecule has 9 heteroatoms. The molecule has 2 heterocycles. The maximum Gasteiger partial charge on any atom is 0.410 e. The third-order valence-corrected chi connectivity index (χ3v) is 6.03. The second-order valence-electron chi connectivity index (χ2n) is 9.75. The number of nitrogens with one attached hydrogen (secondary N) is 1.